The van der Waals surface area contributed by atoms with Crippen molar-refractivity contribution < 1.29 is 24.2 Å². The van der Waals surface area contributed by atoms with Crippen molar-refractivity contribution in [1.82, 2.24) is 15.5 Å². The molecule has 21 heavy (non-hydrogen) atoms. The van der Waals surface area contributed by atoms with Crippen molar-refractivity contribution in [2.45, 2.75) is 18.4 Å². The minimum absolute atomic E-state index is 0.0425. The van der Waals surface area contributed by atoms with Gasteiger partial charge in [0, 0.05) is 46.3 Å². The second-order valence-corrected chi connectivity index (χ2v) is 5.31. The lowest BCUT2D eigenvalue weighted by molar-refractivity contribution is -0.122. The van der Waals surface area contributed by atoms with Gasteiger partial charge in [-0.25, -0.2) is 4.79 Å². The van der Waals surface area contributed by atoms with E-state index in [1.165, 1.54) is 7.11 Å². The van der Waals surface area contributed by atoms with Crippen molar-refractivity contribution in [2.24, 2.45) is 0 Å². The van der Waals surface area contributed by atoms with Gasteiger partial charge in [0.1, 0.15) is 0 Å². The molecule has 0 aromatic rings. The van der Waals surface area contributed by atoms with Gasteiger partial charge in [-0.15, -0.1) is 0 Å². The van der Waals surface area contributed by atoms with E-state index in [1.807, 2.05) is 0 Å². The van der Waals surface area contributed by atoms with Gasteiger partial charge in [0.2, 0.25) is 5.91 Å². The van der Waals surface area contributed by atoms with Gasteiger partial charge in [-0.05, 0) is 7.05 Å². The Bertz CT molecular complexity index is 345. The lowest BCUT2D eigenvalue weighted by Crippen LogP contribution is -2.49. The third-order valence-electron chi connectivity index (χ3n) is 3.25. The molecular weight excluding hydrogens is 278 g/mol. The highest BCUT2D eigenvalue weighted by molar-refractivity contribution is 5.95. The van der Waals surface area contributed by atoms with Crippen molar-refractivity contribution >= 4 is 11.9 Å². The molecule has 0 saturated carbocycles. The normalized spacial score (nSPS) is 17.5. The van der Waals surface area contributed by atoms with E-state index >= 15 is 0 Å². The number of hydrogen-bond acceptors (Lipinski definition) is 6. The molecule has 8 heteroatoms. The molecule has 8 nitrogen and oxygen atoms in total. The number of urea groups is 1. The summed E-state index contributed by atoms with van der Waals surface area (Å²) in [5.41, 5.74) is -0.825. The summed E-state index contributed by atoms with van der Waals surface area (Å²) in [6, 6.07) is -0.546. The summed E-state index contributed by atoms with van der Waals surface area (Å²) in [7, 11) is 3.26. The maximum atomic E-state index is 11.7. The molecule has 1 aliphatic heterocycles. The number of methoxy groups -OCH3 is 1. The van der Waals surface area contributed by atoms with Gasteiger partial charge >= 0.3 is 6.03 Å². The van der Waals surface area contributed by atoms with Crippen molar-refractivity contribution in [3.63, 3.8) is 0 Å². The maximum absolute atomic E-state index is 11.7. The molecule has 1 aliphatic rings. The van der Waals surface area contributed by atoms with E-state index in [1.54, 1.807) is 11.9 Å². The summed E-state index contributed by atoms with van der Waals surface area (Å²) >= 11 is 0. The van der Waals surface area contributed by atoms with Gasteiger partial charge in [-0.2, -0.15) is 0 Å². The van der Waals surface area contributed by atoms with Crippen LogP contribution in [0.15, 0.2) is 0 Å². The van der Waals surface area contributed by atoms with E-state index in [4.69, 9.17) is 9.47 Å². The molecule has 1 heterocycles. The van der Waals surface area contributed by atoms with E-state index in [0.29, 0.717) is 45.8 Å². The van der Waals surface area contributed by atoms with Crippen LogP contribution >= 0.6 is 0 Å². The molecule has 3 N–H and O–H groups in total. The van der Waals surface area contributed by atoms with Crippen molar-refractivity contribution in [1.29, 1.82) is 0 Å². The number of carbonyl (C=O) groups is 2. The number of hydrogen-bond donors (Lipinski definition) is 3. The Hall–Kier alpha value is -1.22. The number of aliphatic hydroxyl groups is 1. The standard InChI is InChI=1S/C13H25N3O5/c1-16(10-13(19)3-6-21-7-4-13)9-11(17)15-12(18)14-5-8-20-2/h19H,3-10H2,1-2H3,(H2,14,15,17,18). The molecule has 0 atom stereocenters. The number of nitrogens with one attached hydrogen (secondary N) is 2. The molecule has 0 spiro atoms. The Kier molecular flexibility index (Phi) is 7.58. The van der Waals surface area contributed by atoms with Crippen LogP contribution in [0.25, 0.3) is 0 Å². The van der Waals surface area contributed by atoms with E-state index < -0.39 is 17.5 Å². The molecule has 0 unspecified atom stereocenters. The van der Waals surface area contributed by atoms with E-state index in [9.17, 15) is 14.7 Å². The van der Waals surface area contributed by atoms with Gasteiger partial charge in [-0.1, -0.05) is 0 Å². The molecule has 1 saturated heterocycles. The Morgan fingerprint density at radius 1 is 1.38 bits per heavy atom. The number of carbonyl (C=O) groups excluding carboxylic acids is 2. The Morgan fingerprint density at radius 3 is 2.67 bits per heavy atom. The van der Waals surface area contributed by atoms with E-state index in [0.717, 1.165) is 0 Å². The minimum atomic E-state index is -0.825. The smallest absolute Gasteiger partial charge is 0.321 e. The highest BCUT2D eigenvalue weighted by Gasteiger charge is 2.31. The first-order chi connectivity index (χ1) is 9.95. The van der Waals surface area contributed by atoms with Crippen LogP contribution in [0, 0.1) is 0 Å². The van der Waals surface area contributed by atoms with Gasteiger partial charge < -0.3 is 19.9 Å². The van der Waals surface area contributed by atoms with Crippen LogP contribution in [0.3, 0.4) is 0 Å². The molecule has 0 radical (unpaired) electrons. The average molecular weight is 303 g/mol. The molecule has 122 valence electrons. The predicted octanol–water partition coefficient (Wildman–Crippen LogP) is -1.07. The third kappa shape index (κ3) is 7.37. The summed E-state index contributed by atoms with van der Waals surface area (Å²) < 4.78 is 9.99. The minimum Gasteiger partial charge on any atom is -0.388 e. The quantitative estimate of drug-likeness (QED) is 0.518. The van der Waals surface area contributed by atoms with Crippen LogP contribution in [-0.2, 0) is 14.3 Å². The lowest BCUT2D eigenvalue weighted by atomic mass is 9.94. The molecule has 0 bridgehead atoms. The summed E-state index contributed by atoms with van der Waals surface area (Å²) in [6.07, 6.45) is 1.10. The van der Waals surface area contributed by atoms with Crippen LogP contribution in [0.1, 0.15) is 12.8 Å². The van der Waals surface area contributed by atoms with Crippen molar-refractivity contribution in [3.8, 4) is 0 Å². The second kappa shape index (κ2) is 8.93. The molecule has 0 aromatic heterocycles. The summed E-state index contributed by atoms with van der Waals surface area (Å²) in [6.45, 7) is 2.19. The van der Waals surface area contributed by atoms with Crippen molar-refractivity contribution in [2.75, 3.05) is 53.6 Å². The SMILES string of the molecule is COCCNC(=O)NC(=O)CN(C)CC1(O)CCOCC1. The second-order valence-electron chi connectivity index (χ2n) is 5.31. The van der Waals surface area contributed by atoms with Crippen molar-refractivity contribution in [3.05, 3.63) is 0 Å². The summed E-state index contributed by atoms with van der Waals surface area (Å²) in [5, 5.41) is 15.1. The van der Waals surface area contributed by atoms with Crippen LogP contribution in [0.5, 0.6) is 0 Å². The lowest BCUT2D eigenvalue weighted by Gasteiger charge is -2.35. The van der Waals surface area contributed by atoms with Gasteiger partial charge in [-0.3, -0.25) is 15.0 Å². The monoisotopic (exact) mass is 303 g/mol. The fourth-order valence-electron chi connectivity index (χ4n) is 2.19. The Balaban J connectivity index is 2.25. The first-order valence-corrected chi connectivity index (χ1v) is 7.00. The average Bonchev–Trinajstić information content (AvgIpc) is 2.38. The fraction of sp³-hybridized carbons (Fsp3) is 0.846. The largest absolute Gasteiger partial charge is 0.388 e. The topological polar surface area (TPSA) is 100 Å². The number of rotatable bonds is 7. The first kappa shape index (κ1) is 17.8. The fourth-order valence-corrected chi connectivity index (χ4v) is 2.19. The van der Waals surface area contributed by atoms with Gasteiger partial charge in [0.15, 0.2) is 0 Å². The predicted molar refractivity (Wildman–Crippen MR) is 75.9 cm³/mol. The van der Waals surface area contributed by atoms with Crippen LogP contribution < -0.4 is 10.6 Å². The zero-order chi connectivity index (χ0) is 15.7. The summed E-state index contributed by atoms with van der Waals surface area (Å²) in [5.74, 6) is -0.414. The van der Waals surface area contributed by atoms with Crippen LogP contribution in [0.4, 0.5) is 4.79 Å². The van der Waals surface area contributed by atoms with Crippen LogP contribution in [0.2, 0.25) is 0 Å². The number of ether oxygens (including phenoxy) is 2. The Labute approximate surface area is 124 Å². The molecule has 3 amide bonds. The van der Waals surface area contributed by atoms with Crippen LogP contribution in [-0.4, -0.2) is 81.2 Å². The zero-order valence-corrected chi connectivity index (χ0v) is 12.7. The molecular formula is C13H25N3O5. The number of imide groups is 1. The first-order valence-electron chi connectivity index (χ1n) is 7.00. The number of likely N-dealkylation sites (N-methyl/N-ethyl adjacent to an activating group) is 1. The molecule has 1 fully saturated rings. The number of nitrogens with zero attached hydrogens (tertiary/aromatic N) is 1. The van der Waals surface area contributed by atoms with Gasteiger partial charge in [0.05, 0.1) is 18.8 Å². The summed E-state index contributed by atoms with van der Waals surface area (Å²) in [4.78, 5) is 24.8. The zero-order valence-electron chi connectivity index (χ0n) is 12.7. The molecule has 0 aromatic carbocycles. The van der Waals surface area contributed by atoms with E-state index in [-0.39, 0.29) is 6.54 Å². The highest BCUT2D eigenvalue weighted by atomic mass is 16.5. The highest BCUT2D eigenvalue weighted by Crippen LogP contribution is 2.20. The maximum Gasteiger partial charge on any atom is 0.321 e. The Morgan fingerprint density at radius 2 is 2.05 bits per heavy atom. The van der Waals surface area contributed by atoms with E-state index in [2.05, 4.69) is 10.6 Å². The number of amides is 3. The van der Waals surface area contributed by atoms with Gasteiger partial charge in [0.25, 0.3) is 0 Å². The molecule has 0 aliphatic carbocycles. The molecule has 1 rings (SSSR count). The third-order valence-corrected chi connectivity index (χ3v) is 3.25.